The average molecular weight is 591 g/mol. The number of methoxy groups -OCH3 is 1. The van der Waals surface area contributed by atoms with Gasteiger partial charge in [-0.25, -0.2) is 4.98 Å². The number of benzene rings is 1. The second-order valence-electron chi connectivity index (χ2n) is 8.71. The van der Waals surface area contributed by atoms with Crippen LogP contribution in [0.15, 0.2) is 51.9 Å². The fourth-order valence-corrected chi connectivity index (χ4v) is 6.01. The highest BCUT2D eigenvalue weighted by molar-refractivity contribution is 8.01. The van der Waals surface area contributed by atoms with E-state index in [9.17, 15) is 22.8 Å². The van der Waals surface area contributed by atoms with Crippen molar-refractivity contribution < 1.29 is 27.4 Å². The van der Waals surface area contributed by atoms with Gasteiger partial charge in [-0.1, -0.05) is 23.1 Å². The predicted octanol–water partition coefficient (Wildman–Crippen LogP) is 4.62. The summed E-state index contributed by atoms with van der Waals surface area (Å²) in [6.07, 6.45) is -1.16. The Hall–Kier alpha value is -3.82. The van der Waals surface area contributed by atoms with Gasteiger partial charge in [-0.3, -0.25) is 14.9 Å². The molecule has 1 saturated heterocycles. The molecular formula is C25H21F3N6O4S2. The molecule has 4 heterocycles. The molecule has 1 amide bonds. The number of carbonyl (C=O) groups is 1. The highest BCUT2D eigenvalue weighted by Gasteiger charge is 2.32. The maximum atomic E-state index is 13.6. The zero-order valence-corrected chi connectivity index (χ0v) is 22.7. The lowest BCUT2D eigenvalue weighted by atomic mass is 9.97. The molecule has 0 spiro atoms. The van der Waals surface area contributed by atoms with E-state index in [1.165, 1.54) is 54.7 Å². The zero-order valence-electron chi connectivity index (χ0n) is 21.1. The summed E-state index contributed by atoms with van der Waals surface area (Å²) in [4.78, 5) is 30.2. The SMILES string of the molecule is COc1ccc(C(F)(F)F)cc1-c1cc(-n2ncc(C)cc2=O)ncc1C(=O)Nc1nnc(SC2CCOC2)s1. The van der Waals surface area contributed by atoms with Crippen molar-refractivity contribution in [1.82, 2.24) is 25.0 Å². The molecule has 0 aliphatic carbocycles. The summed E-state index contributed by atoms with van der Waals surface area (Å²) in [6.45, 7) is 2.97. The third kappa shape index (κ3) is 6.00. The molecule has 1 unspecified atom stereocenters. The van der Waals surface area contributed by atoms with Gasteiger partial charge in [-0.05, 0) is 43.2 Å². The van der Waals surface area contributed by atoms with Crippen molar-refractivity contribution >= 4 is 34.1 Å². The van der Waals surface area contributed by atoms with Gasteiger partial charge < -0.3 is 9.47 Å². The topological polar surface area (TPSA) is 121 Å². The Balaban J connectivity index is 1.56. The molecule has 1 atom stereocenters. The lowest BCUT2D eigenvalue weighted by molar-refractivity contribution is -0.137. The van der Waals surface area contributed by atoms with Crippen LogP contribution in [-0.2, 0) is 10.9 Å². The average Bonchev–Trinajstić information content (AvgIpc) is 3.60. The van der Waals surface area contributed by atoms with Gasteiger partial charge in [0.15, 0.2) is 10.2 Å². The van der Waals surface area contributed by atoms with E-state index in [2.05, 4.69) is 25.6 Å². The van der Waals surface area contributed by atoms with Crippen LogP contribution >= 0.6 is 23.1 Å². The number of hydrogen-bond donors (Lipinski definition) is 1. The van der Waals surface area contributed by atoms with Crippen molar-refractivity contribution in [2.45, 2.75) is 29.1 Å². The van der Waals surface area contributed by atoms with Crippen LogP contribution in [0.5, 0.6) is 5.75 Å². The lowest BCUT2D eigenvalue weighted by Crippen LogP contribution is -2.22. The minimum Gasteiger partial charge on any atom is -0.496 e. The molecule has 3 aromatic heterocycles. The molecule has 1 N–H and O–H groups in total. The number of pyridine rings is 1. The van der Waals surface area contributed by atoms with E-state index < -0.39 is 23.2 Å². The predicted molar refractivity (Wildman–Crippen MR) is 142 cm³/mol. The van der Waals surface area contributed by atoms with Gasteiger partial charge in [0, 0.05) is 35.2 Å². The normalized spacial score (nSPS) is 15.3. The van der Waals surface area contributed by atoms with Crippen LogP contribution < -0.4 is 15.6 Å². The molecule has 0 saturated carbocycles. The van der Waals surface area contributed by atoms with Crippen molar-refractivity contribution in [1.29, 1.82) is 0 Å². The van der Waals surface area contributed by atoms with Crippen LogP contribution in [0.2, 0.25) is 0 Å². The van der Waals surface area contributed by atoms with Crippen LogP contribution in [0.25, 0.3) is 16.9 Å². The number of nitrogens with one attached hydrogen (secondary N) is 1. The largest absolute Gasteiger partial charge is 0.496 e. The minimum absolute atomic E-state index is 0.00407. The molecule has 4 aromatic rings. The Kier molecular flexibility index (Phi) is 7.87. The summed E-state index contributed by atoms with van der Waals surface area (Å²) >= 11 is 2.66. The Bertz CT molecular complexity index is 1620. The zero-order chi connectivity index (χ0) is 28.4. The van der Waals surface area contributed by atoms with E-state index in [0.29, 0.717) is 23.1 Å². The van der Waals surface area contributed by atoms with Crippen LogP contribution in [0.4, 0.5) is 18.3 Å². The molecule has 5 rings (SSSR count). The van der Waals surface area contributed by atoms with Crippen molar-refractivity contribution in [2.75, 3.05) is 25.6 Å². The Morgan fingerprint density at radius 2 is 2.02 bits per heavy atom. The molecule has 208 valence electrons. The number of halogens is 3. The number of ether oxygens (including phenoxy) is 2. The number of carbonyl (C=O) groups excluding carboxylic acids is 1. The van der Waals surface area contributed by atoms with Crippen LogP contribution in [0, 0.1) is 6.92 Å². The maximum absolute atomic E-state index is 13.6. The van der Waals surface area contributed by atoms with Crippen molar-refractivity contribution in [3.05, 3.63) is 69.8 Å². The molecule has 15 heteroatoms. The molecule has 1 fully saturated rings. The third-order valence-electron chi connectivity index (χ3n) is 5.89. The summed E-state index contributed by atoms with van der Waals surface area (Å²) < 4.78 is 53.2. The van der Waals surface area contributed by atoms with E-state index in [4.69, 9.17) is 9.47 Å². The number of amides is 1. The van der Waals surface area contributed by atoms with Gasteiger partial charge in [-0.2, -0.15) is 23.0 Å². The fraction of sp³-hybridized carbons (Fsp3) is 0.280. The maximum Gasteiger partial charge on any atom is 0.416 e. The number of nitrogens with zero attached hydrogens (tertiary/aromatic N) is 5. The monoisotopic (exact) mass is 590 g/mol. The lowest BCUT2D eigenvalue weighted by Gasteiger charge is -2.16. The van der Waals surface area contributed by atoms with Crippen molar-refractivity contribution in [3.8, 4) is 22.7 Å². The molecule has 1 aliphatic heterocycles. The van der Waals surface area contributed by atoms with E-state index in [1.54, 1.807) is 6.92 Å². The number of hydrogen-bond acceptors (Lipinski definition) is 10. The first-order valence-electron chi connectivity index (χ1n) is 11.8. The first kappa shape index (κ1) is 27.7. The number of aryl methyl sites for hydroxylation is 1. The summed E-state index contributed by atoms with van der Waals surface area (Å²) in [6, 6.07) is 5.58. The number of anilines is 1. The second-order valence-corrected chi connectivity index (χ2v) is 11.2. The number of aromatic nitrogens is 5. The summed E-state index contributed by atoms with van der Waals surface area (Å²) in [5.41, 5.74) is -0.885. The number of rotatable bonds is 7. The van der Waals surface area contributed by atoms with Crippen LogP contribution in [-0.4, -0.2) is 56.4 Å². The molecule has 40 heavy (non-hydrogen) atoms. The number of alkyl halides is 3. The van der Waals surface area contributed by atoms with E-state index in [1.807, 2.05) is 0 Å². The summed E-state index contributed by atoms with van der Waals surface area (Å²) in [5, 5.41) is 15.3. The van der Waals surface area contributed by atoms with Gasteiger partial charge in [0.05, 0.1) is 31.0 Å². The minimum atomic E-state index is -4.65. The highest BCUT2D eigenvalue weighted by atomic mass is 32.2. The third-order valence-corrected chi connectivity index (χ3v) is 8.05. The molecule has 1 aromatic carbocycles. The van der Waals surface area contributed by atoms with Gasteiger partial charge >= 0.3 is 6.18 Å². The van der Waals surface area contributed by atoms with Crippen LogP contribution in [0.3, 0.4) is 0 Å². The highest BCUT2D eigenvalue weighted by Crippen LogP contribution is 2.39. The van der Waals surface area contributed by atoms with Crippen molar-refractivity contribution in [3.63, 3.8) is 0 Å². The van der Waals surface area contributed by atoms with Gasteiger partial charge in [0.25, 0.3) is 11.5 Å². The summed E-state index contributed by atoms with van der Waals surface area (Å²) in [5.74, 6) is -0.601. The van der Waals surface area contributed by atoms with E-state index in [0.717, 1.165) is 29.3 Å². The fourth-order valence-electron chi connectivity index (χ4n) is 3.95. The second kappa shape index (κ2) is 11.3. The summed E-state index contributed by atoms with van der Waals surface area (Å²) in [7, 11) is 1.30. The quantitative estimate of drug-likeness (QED) is 0.308. The first-order chi connectivity index (χ1) is 19.1. The Morgan fingerprint density at radius 3 is 2.73 bits per heavy atom. The van der Waals surface area contributed by atoms with Gasteiger partial charge in [-0.15, -0.1) is 10.2 Å². The molecule has 1 aliphatic rings. The number of thioether (sulfide) groups is 1. The molecule has 0 bridgehead atoms. The van der Waals surface area contributed by atoms with E-state index in [-0.39, 0.29) is 38.6 Å². The molecule has 0 radical (unpaired) electrons. The standard InChI is InChI=1S/C25H21F3N6O4S2/c1-13-7-21(35)34(30-10-13)20-9-16(17-8-14(25(26,27)28)3-4-19(17)37-2)18(11-29-20)22(36)31-23-32-33-24(40-23)39-15-5-6-38-12-15/h3-4,7-11,15H,5-6,12H2,1-2H3,(H,31,32,36). The van der Waals surface area contributed by atoms with Gasteiger partial charge in [0.2, 0.25) is 5.13 Å². The Morgan fingerprint density at radius 1 is 1.20 bits per heavy atom. The molecule has 10 nitrogen and oxygen atoms in total. The molecular weight excluding hydrogens is 569 g/mol. The van der Waals surface area contributed by atoms with Crippen molar-refractivity contribution in [2.24, 2.45) is 0 Å². The Labute approximate surface area is 233 Å². The van der Waals surface area contributed by atoms with Crippen LogP contribution in [0.1, 0.15) is 27.9 Å². The van der Waals surface area contributed by atoms with E-state index >= 15 is 0 Å². The van der Waals surface area contributed by atoms with Gasteiger partial charge in [0.1, 0.15) is 5.75 Å². The smallest absolute Gasteiger partial charge is 0.416 e. The first-order valence-corrected chi connectivity index (χ1v) is 13.5.